The summed E-state index contributed by atoms with van der Waals surface area (Å²) in [6.45, 7) is 0. The van der Waals surface area contributed by atoms with Crippen LogP contribution in [0, 0.1) is 0 Å². The first-order chi connectivity index (χ1) is 11.0. The first-order valence-electron chi connectivity index (χ1n) is 6.93. The van der Waals surface area contributed by atoms with Crippen molar-refractivity contribution in [3.05, 3.63) is 65.2 Å². The summed E-state index contributed by atoms with van der Waals surface area (Å²) in [5.74, 6) is 0.655. The summed E-state index contributed by atoms with van der Waals surface area (Å²) in [6.07, 6.45) is 0. The summed E-state index contributed by atoms with van der Waals surface area (Å²) in [6, 6.07) is 16.2. The third-order valence-corrected chi connectivity index (χ3v) is 7.49. The first-order valence-corrected chi connectivity index (χ1v) is 10.6. The van der Waals surface area contributed by atoms with E-state index in [1.807, 2.05) is 30.3 Å². The molecule has 2 aromatic rings. The summed E-state index contributed by atoms with van der Waals surface area (Å²) in [5, 5.41) is 9.14. The minimum absolute atomic E-state index is 0.104. The molecule has 0 N–H and O–H groups in total. The van der Waals surface area contributed by atoms with E-state index in [1.165, 1.54) is 12.1 Å². The van der Waals surface area contributed by atoms with Crippen LogP contribution in [-0.4, -0.2) is 24.8 Å². The highest BCUT2D eigenvalue weighted by Gasteiger charge is 2.24. The van der Waals surface area contributed by atoms with Gasteiger partial charge in [0.2, 0.25) is 0 Å². The second-order valence-electron chi connectivity index (χ2n) is 5.07. The Morgan fingerprint density at radius 3 is 2.39 bits per heavy atom. The van der Waals surface area contributed by atoms with E-state index in [2.05, 4.69) is 10.2 Å². The van der Waals surface area contributed by atoms with Gasteiger partial charge in [-0.2, -0.15) is 16.0 Å². The molecule has 1 heterocycles. The molecule has 0 aliphatic carbocycles. The van der Waals surface area contributed by atoms with E-state index < -0.39 is 20.7 Å². The van der Waals surface area contributed by atoms with Crippen LogP contribution in [0.2, 0.25) is 5.02 Å². The number of thiol groups is 1. The molecule has 1 atom stereocenters. The zero-order valence-electron chi connectivity index (χ0n) is 12.1. The van der Waals surface area contributed by atoms with Crippen molar-refractivity contribution in [1.82, 2.24) is 0 Å². The van der Waals surface area contributed by atoms with Crippen molar-refractivity contribution in [2.24, 2.45) is 10.2 Å². The van der Waals surface area contributed by atoms with E-state index in [0.717, 1.165) is 11.3 Å². The molecule has 4 nitrogen and oxygen atoms in total. The van der Waals surface area contributed by atoms with E-state index in [4.69, 9.17) is 11.6 Å². The van der Waals surface area contributed by atoms with Gasteiger partial charge >= 0.3 is 0 Å². The summed E-state index contributed by atoms with van der Waals surface area (Å²) >= 11 is 5.81. The Bertz CT molecular complexity index is 847. The summed E-state index contributed by atoms with van der Waals surface area (Å²) in [7, 11) is -4.23. The van der Waals surface area contributed by atoms with Crippen molar-refractivity contribution in [2.45, 2.75) is 10.6 Å². The van der Waals surface area contributed by atoms with Gasteiger partial charge in [0, 0.05) is 10.8 Å². The number of nitrogens with zero attached hydrogens (tertiary/aromatic N) is 2. The maximum atomic E-state index is 12.5. The van der Waals surface area contributed by atoms with Crippen LogP contribution in [-0.2, 0) is 15.6 Å². The second-order valence-corrected chi connectivity index (χ2v) is 9.50. The summed E-state index contributed by atoms with van der Waals surface area (Å²) < 4.78 is 25.1. The Hall–Kier alpha value is -1.63. The molecule has 2 aromatic carbocycles. The van der Waals surface area contributed by atoms with Crippen molar-refractivity contribution >= 4 is 42.9 Å². The van der Waals surface area contributed by atoms with Crippen LogP contribution in [0.25, 0.3) is 0 Å². The quantitative estimate of drug-likeness (QED) is 0.821. The predicted octanol–water partition coefficient (Wildman–Crippen LogP) is 3.67. The van der Waals surface area contributed by atoms with E-state index >= 15 is 0 Å². The second kappa shape index (κ2) is 6.86. The van der Waals surface area contributed by atoms with Crippen molar-refractivity contribution in [2.75, 3.05) is 5.75 Å². The summed E-state index contributed by atoms with van der Waals surface area (Å²) in [4.78, 5) is 0.256. The molecule has 23 heavy (non-hydrogen) atoms. The zero-order chi connectivity index (χ0) is 16.3. The molecule has 0 saturated carbocycles. The molecular weight excluding hydrogens is 352 g/mol. The Morgan fingerprint density at radius 2 is 1.70 bits per heavy atom. The highest BCUT2D eigenvalue weighted by Crippen LogP contribution is 2.34. The third-order valence-electron chi connectivity index (χ3n) is 3.38. The van der Waals surface area contributed by atoms with Gasteiger partial charge in [-0.3, -0.25) is 0 Å². The highest BCUT2D eigenvalue weighted by molar-refractivity contribution is 8.40. The lowest BCUT2D eigenvalue weighted by atomic mass is 10.2. The van der Waals surface area contributed by atoms with Crippen molar-refractivity contribution in [3.63, 3.8) is 0 Å². The van der Waals surface area contributed by atoms with Gasteiger partial charge in [0.1, 0.15) is 5.75 Å². The summed E-state index contributed by atoms with van der Waals surface area (Å²) in [5.41, 5.74) is 2.93. The lowest BCUT2D eigenvalue weighted by Gasteiger charge is -2.15. The number of hydrogen-bond acceptors (Lipinski definition) is 4. The molecule has 3 rings (SSSR count). The Kier molecular flexibility index (Phi) is 4.84. The molecule has 1 aliphatic rings. The molecule has 0 amide bonds. The standard InChI is InChI=1S/C16H15ClN2O2S2/c17-14-6-8-15(9-7-14)23(20,21)11-16-19-18-12-22(16)10-13-4-2-1-3-5-13/h1-9,12,22H,10-11H2. The molecule has 7 heteroatoms. The zero-order valence-corrected chi connectivity index (χ0v) is 14.6. The first kappa shape index (κ1) is 16.2. The molecule has 120 valence electrons. The normalized spacial score (nSPS) is 18.8. The Balaban J connectivity index is 1.75. The van der Waals surface area contributed by atoms with Crippen LogP contribution < -0.4 is 0 Å². The van der Waals surface area contributed by atoms with Crippen LogP contribution >= 0.6 is 22.5 Å². The van der Waals surface area contributed by atoms with Gasteiger partial charge in [-0.1, -0.05) is 41.9 Å². The average Bonchev–Trinajstić information content (AvgIpc) is 2.95. The van der Waals surface area contributed by atoms with Crippen molar-refractivity contribution in [3.8, 4) is 0 Å². The Labute approximate surface area is 143 Å². The Morgan fingerprint density at radius 1 is 1.00 bits per heavy atom. The molecule has 1 unspecified atom stereocenters. The number of halogens is 1. The van der Waals surface area contributed by atoms with Gasteiger partial charge in [0.25, 0.3) is 0 Å². The number of benzene rings is 2. The molecule has 0 bridgehead atoms. The maximum Gasteiger partial charge on any atom is 0.184 e. The largest absolute Gasteiger partial charge is 0.223 e. The number of sulfone groups is 1. The number of rotatable bonds is 5. The van der Waals surface area contributed by atoms with Crippen LogP contribution in [0.1, 0.15) is 5.56 Å². The van der Waals surface area contributed by atoms with Gasteiger partial charge < -0.3 is 0 Å². The molecule has 0 saturated heterocycles. The average molecular weight is 367 g/mol. The maximum absolute atomic E-state index is 12.5. The monoisotopic (exact) mass is 366 g/mol. The fourth-order valence-electron chi connectivity index (χ4n) is 2.20. The fraction of sp³-hybridized carbons (Fsp3) is 0.125. The van der Waals surface area contributed by atoms with Crippen LogP contribution in [0.4, 0.5) is 0 Å². The molecule has 0 fully saturated rings. The predicted molar refractivity (Wildman–Crippen MR) is 98.6 cm³/mol. The highest BCUT2D eigenvalue weighted by atomic mass is 35.5. The van der Waals surface area contributed by atoms with E-state index in [-0.39, 0.29) is 10.6 Å². The molecule has 0 spiro atoms. The van der Waals surface area contributed by atoms with Gasteiger partial charge in [0.15, 0.2) is 9.84 Å². The smallest absolute Gasteiger partial charge is 0.184 e. The van der Waals surface area contributed by atoms with Crippen molar-refractivity contribution in [1.29, 1.82) is 0 Å². The molecular formula is C16H15ClN2O2S2. The van der Waals surface area contributed by atoms with Gasteiger partial charge in [-0.25, -0.2) is 8.42 Å². The molecule has 1 aliphatic heterocycles. The van der Waals surface area contributed by atoms with Gasteiger partial charge in [0.05, 0.1) is 15.5 Å². The topological polar surface area (TPSA) is 58.9 Å². The molecule has 0 radical (unpaired) electrons. The lowest BCUT2D eigenvalue weighted by Crippen LogP contribution is -2.16. The van der Waals surface area contributed by atoms with Gasteiger partial charge in [-0.15, -0.1) is 5.10 Å². The number of hydrogen-bond donors (Lipinski definition) is 1. The van der Waals surface area contributed by atoms with E-state index in [0.29, 0.717) is 10.1 Å². The molecule has 0 aromatic heterocycles. The van der Waals surface area contributed by atoms with Crippen LogP contribution in [0.15, 0.2) is 69.7 Å². The van der Waals surface area contributed by atoms with Gasteiger partial charge in [-0.05, 0) is 29.8 Å². The van der Waals surface area contributed by atoms with Crippen LogP contribution in [0.3, 0.4) is 0 Å². The lowest BCUT2D eigenvalue weighted by molar-refractivity contribution is 0.600. The fourth-order valence-corrected chi connectivity index (χ4v) is 5.96. The van der Waals surface area contributed by atoms with Crippen LogP contribution in [0.5, 0.6) is 0 Å². The van der Waals surface area contributed by atoms with Crippen molar-refractivity contribution < 1.29 is 8.42 Å². The minimum atomic E-state index is -3.44. The van der Waals surface area contributed by atoms with E-state index in [1.54, 1.807) is 17.7 Å². The minimum Gasteiger partial charge on any atom is -0.223 e. The SMILES string of the molecule is O=S(=O)(CC1=NN=C[SH]1Cc1ccccc1)c1ccc(Cl)cc1. The van der Waals surface area contributed by atoms with E-state index in [9.17, 15) is 8.42 Å². The third kappa shape index (κ3) is 4.02.